The summed E-state index contributed by atoms with van der Waals surface area (Å²) in [6.45, 7) is 2.76. The highest BCUT2D eigenvalue weighted by Gasteiger charge is 2.26. The predicted octanol–water partition coefficient (Wildman–Crippen LogP) is 3.47. The summed E-state index contributed by atoms with van der Waals surface area (Å²) in [6.07, 6.45) is 0.876. The van der Waals surface area contributed by atoms with Gasteiger partial charge in [-0.25, -0.2) is 12.7 Å². The van der Waals surface area contributed by atoms with Crippen molar-refractivity contribution in [1.82, 2.24) is 4.31 Å². The molecular weight excluding hydrogens is 368 g/mol. The van der Waals surface area contributed by atoms with Crippen molar-refractivity contribution < 1.29 is 13.2 Å². The SMILES string of the molecule is CC1CCN(C(=O)c2cccc(S(=O)(=O)N(C)C)c2)c2ccccc2S1. The summed E-state index contributed by atoms with van der Waals surface area (Å²) in [6, 6.07) is 14.1. The number of hydrogen-bond donors (Lipinski definition) is 0. The number of sulfonamides is 1. The van der Waals surface area contributed by atoms with Gasteiger partial charge in [-0.3, -0.25) is 4.79 Å². The average Bonchev–Trinajstić information content (AvgIpc) is 2.79. The van der Waals surface area contributed by atoms with Gasteiger partial charge in [0.1, 0.15) is 0 Å². The fourth-order valence-corrected chi connectivity index (χ4v) is 4.91. The van der Waals surface area contributed by atoms with Crippen LogP contribution < -0.4 is 4.90 Å². The van der Waals surface area contributed by atoms with E-state index in [1.165, 1.54) is 26.2 Å². The van der Waals surface area contributed by atoms with E-state index in [1.807, 2.05) is 24.3 Å². The summed E-state index contributed by atoms with van der Waals surface area (Å²) in [5, 5.41) is 0.411. The van der Waals surface area contributed by atoms with Crippen molar-refractivity contribution >= 4 is 33.4 Å². The van der Waals surface area contributed by atoms with Gasteiger partial charge in [0.05, 0.1) is 10.6 Å². The molecule has 0 saturated carbocycles. The van der Waals surface area contributed by atoms with E-state index in [-0.39, 0.29) is 10.8 Å². The normalized spacial score (nSPS) is 17.7. The van der Waals surface area contributed by atoms with Gasteiger partial charge in [0.25, 0.3) is 5.91 Å². The second-order valence-corrected chi connectivity index (χ2v) is 10.1. The van der Waals surface area contributed by atoms with Crippen LogP contribution in [0.1, 0.15) is 23.7 Å². The molecule has 0 radical (unpaired) electrons. The van der Waals surface area contributed by atoms with Gasteiger partial charge < -0.3 is 4.90 Å². The standard InChI is InChI=1S/C19H22N2O3S2/c1-14-11-12-21(17-9-4-5-10-18(17)25-14)19(22)15-7-6-8-16(13-15)26(23,24)20(2)3/h4-10,13-14H,11-12H2,1-3H3. The Hall–Kier alpha value is -1.83. The Morgan fingerprint density at radius 1 is 1.15 bits per heavy atom. The molecule has 7 heteroatoms. The van der Waals surface area contributed by atoms with E-state index in [2.05, 4.69) is 6.92 Å². The van der Waals surface area contributed by atoms with Crippen LogP contribution in [0.25, 0.3) is 0 Å². The van der Waals surface area contributed by atoms with Gasteiger partial charge in [0, 0.05) is 36.3 Å². The van der Waals surface area contributed by atoms with Crippen LogP contribution in [0.15, 0.2) is 58.3 Å². The number of benzene rings is 2. The highest BCUT2D eigenvalue weighted by molar-refractivity contribution is 8.00. The molecule has 1 aliphatic heterocycles. The number of para-hydroxylation sites is 1. The third-order valence-electron chi connectivity index (χ3n) is 4.35. The number of hydrogen-bond acceptors (Lipinski definition) is 4. The van der Waals surface area contributed by atoms with Gasteiger partial charge >= 0.3 is 0 Å². The smallest absolute Gasteiger partial charge is 0.258 e. The minimum atomic E-state index is -3.58. The topological polar surface area (TPSA) is 57.7 Å². The maximum Gasteiger partial charge on any atom is 0.258 e. The molecule has 1 unspecified atom stereocenters. The molecule has 0 aliphatic carbocycles. The van der Waals surface area contributed by atoms with Crippen LogP contribution in [0, 0.1) is 0 Å². The molecule has 0 bridgehead atoms. The third kappa shape index (κ3) is 3.65. The largest absolute Gasteiger partial charge is 0.307 e. The lowest BCUT2D eigenvalue weighted by molar-refractivity contribution is 0.0986. The molecule has 0 spiro atoms. The van der Waals surface area contributed by atoms with Crippen molar-refractivity contribution in [2.24, 2.45) is 0 Å². The highest BCUT2D eigenvalue weighted by Crippen LogP contribution is 2.37. The van der Waals surface area contributed by atoms with E-state index in [0.717, 1.165) is 21.3 Å². The minimum absolute atomic E-state index is 0.124. The number of amides is 1. The lowest BCUT2D eigenvalue weighted by atomic mass is 10.1. The lowest BCUT2D eigenvalue weighted by Gasteiger charge is -2.23. The van der Waals surface area contributed by atoms with Crippen LogP contribution in [0.4, 0.5) is 5.69 Å². The molecule has 2 aromatic rings. The van der Waals surface area contributed by atoms with Crippen molar-refractivity contribution in [2.45, 2.75) is 28.4 Å². The van der Waals surface area contributed by atoms with Crippen molar-refractivity contribution in [3.8, 4) is 0 Å². The van der Waals surface area contributed by atoms with Gasteiger partial charge in [0.2, 0.25) is 10.0 Å². The maximum absolute atomic E-state index is 13.2. The van der Waals surface area contributed by atoms with Crippen LogP contribution in [-0.2, 0) is 10.0 Å². The van der Waals surface area contributed by atoms with E-state index in [1.54, 1.807) is 28.8 Å². The Morgan fingerprint density at radius 2 is 1.88 bits per heavy atom. The number of nitrogens with zero attached hydrogens (tertiary/aromatic N) is 2. The molecule has 26 heavy (non-hydrogen) atoms. The molecule has 1 amide bonds. The average molecular weight is 391 g/mol. The molecule has 138 valence electrons. The Morgan fingerprint density at radius 3 is 2.62 bits per heavy atom. The van der Waals surface area contributed by atoms with Crippen LogP contribution in [0.5, 0.6) is 0 Å². The van der Waals surface area contributed by atoms with Crippen LogP contribution >= 0.6 is 11.8 Å². The summed E-state index contributed by atoms with van der Waals surface area (Å²) < 4.78 is 25.9. The molecular formula is C19H22N2O3S2. The summed E-state index contributed by atoms with van der Waals surface area (Å²) in [5.74, 6) is -0.178. The van der Waals surface area contributed by atoms with Gasteiger partial charge in [-0.1, -0.05) is 25.1 Å². The fourth-order valence-electron chi connectivity index (χ4n) is 2.85. The van der Waals surface area contributed by atoms with Crippen LogP contribution in [0.2, 0.25) is 0 Å². The number of carbonyl (C=O) groups is 1. The molecule has 1 aliphatic rings. The lowest BCUT2D eigenvalue weighted by Crippen LogP contribution is -2.32. The van der Waals surface area contributed by atoms with Gasteiger partial charge in [-0.05, 0) is 36.8 Å². The molecule has 0 aromatic heterocycles. The number of rotatable bonds is 3. The number of thioether (sulfide) groups is 1. The molecule has 0 saturated heterocycles. The Kier molecular flexibility index (Phi) is 5.41. The zero-order valence-corrected chi connectivity index (χ0v) is 16.7. The predicted molar refractivity (Wildman–Crippen MR) is 105 cm³/mol. The summed E-state index contributed by atoms with van der Waals surface area (Å²) in [4.78, 5) is 16.1. The monoisotopic (exact) mass is 390 g/mol. The third-order valence-corrected chi connectivity index (χ3v) is 7.40. The Balaban J connectivity index is 2.00. The first-order chi connectivity index (χ1) is 12.3. The fraction of sp³-hybridized carbons (Fsp3) is 0.316. The summed E-state index contributed by atoms with van der Waals surface area (Å²) in [7, 11) is -0.622. The maximum atomic E-state index is 13.2. The summed E-state index contributed by atoms with van der Waals surface area (Å²) >= 11 is 1.76. The number of anilines is 1. The Bertz CT molecular complexity index is 926. The molecule has 1 atom stereocenters. The van der Waals surface area contributed by atoms with Crippen molar-refractivity contribution in [2.75, 3.05) is 25.5 Å². The molecule has 2 aromatic carbocycles. The van der Waals surface area contributed by atoms with Gasteiger partial charge in [0.15, 0.2) is 0 Å². The number of carbonyl (C=O) groups excluding carboxylic acids is 1. The number of fused-ring (bicyclic) bond motifs is 1. The first kappa shape index (κ1) is 18.9. The van der Waals surface area contributed by atoms with E-state index in [0.29, 0.717) is 17.4 Å². The Labute approximate surface area is 159 Å². The first-order valence-corrected chi connectivity index (χ1v) is 10.7. The quantitative estimate of drug-likeness (QED) is 0.805. The van der Waals surface area contributed by atoms with Gasteiger partial charge in [-0.2, -0.15) is 0 Å². The molecule has 0 fully saturated rings. The summed E-state index contributed by atoms with van der Waals surface area (Å²) in [5.41, 5.74) is 1.26. The van der Waals surface area contributed by atoms with Gasteiger partial charge in [-0.15, -0.1) is 11.8 Å². The van der Waals surface area contributed by atoms with Crippen molar-refractivity contribution in [3.63, 3.8) is 0 Å². The first-order valence-electron chi connectivity index (χ1n) is 8.41. The second-order valence-electron chi connectivity index (χ2n) is 6.46. The van der Waals surface area contributed by atoms with E-state index < -0.39 is 10.0 Å². The molecule has 5 nitrogen and oxygen atoms in total. The molecule has 0 N–H and O–H groups in total. The molecule has 3 rings (SSSR count). The second kappa shape index (κ2) is 7.42. The zero-order valence-electron chi connectivity index (χ0n) is 15.0. The highest BCUT2D eigenvalue weighted by atomic mass is 32.2. The van der Waals surface area contributed by atoms with Crippen LogP contribution in [0.3, 0.4) is 0 Å². The minimum Gasteiger partial charge on any atom is -0.307 e. The van der Waals surface area contributed by atoms with E-state index >= 15 is 0 Å². The van der Waals surface area contributed by atoms with E-state index in [4.69, 9.17) is 0 Å². The van der Waals surface area contributed by atoms with Crippen LogP contribution in [-0.4, -0.2) is 44.5 Å². The molecule has 1 heterocycles. The zero-order chi connectivity index (χ0) is 18.9. The van der Waals surface area contributed by atoms with Crippen molar-refractivity contribution in [3.05, 3.63) is 54.1 Å². The van der Waals surface area contributed by atoms with E-state index in [9.17, 15) is 13.2 Å². The van der Waals surface area contributed by atoms with Crippen molar-refractivity contribution in [1.29, 1.82) is 0 Å².